The summed E-state index contributed by atoms with van der Waals surface area (Å²) in [6.07, 6.45) is 2.95. The van der Waals surface area contributed by atoms with Gasteiger partial charge in [0, 0.05) is 31.0 Å². The van der Waals surface area contributed by atoms with Crippen molar-refractivity contribution in [3.8, 4) is 11.5 Å². The highest BCUT2D eigenvalue weighted by molar-refractivity contribution is 6.31. The maximum atomic E-state index is 12.8. The predicted octanol–water partition coefficient (Wildman–Crippen LogP) is 5.01. The first-order chi connectivity index (χ1) is 14.9. The van der Waals surface area contributed by atoms with Crippen molar-refractivity contribution in [1.82, 2.24) is 4.90 Å². The molecule has 0 atom stereocenters. The summed E-state index contributed by atoms with van der Waals surface area (Å²) in [5, 5.41) is 0.549. The molecule has 2 aromatic rings. The molecule has 4 rings (SSSR count). The van der Waals surface area contributed by atoms with Gasteiger partial charge in [-0.3, -0.25) is 9.59 Å². The molecule has 1 spiro atoms. The lowest BCUT2D eigenvalue weighted by Gasteiger charge is -2.44. The minimum atomic E-state index is -0.531. The summed E-state index contributed by atoms with van der Waals surface area (Å²) in [5.41, 5.74) is 2.17. The summed E-state index contributed by atoms with van der Waals surface area (Å²) in [7, 11) is 0. The summed E-state index contributed by atoms with van der Waals surface area (Å²) in [4.78, 5) is 27.3. The highest BCUT2D eigenvalue weighted by Crippen LogP contribution is 2.42. The molecule has 2 aliphatic heterocycles. The van der Waals surface area contributed by atoms with Gasteiger partial charge in [-0.25, -0.2) is 0 Å². The van der Waals surface area contributed by atoms with Gasteiger partial charge in [-0.05, 0) is 48.7 Å². The van der Waals surface area contributed by atoms with Gasteiger partial charge in [0.25, 0.3) is 0 Å². The van der Waals surface area contributed by atoms with Crippen molar-refractivity contribution in [2.75, 3.05) is 19.7 Å². The summed E-state index contributed by atoms with van der Waals surface area (Å²) in [6.45, 7) is 5.54. The molecule has 164 valence electrons. The number of rotatable bonds is 5. The van der Waals surface area contributed by atoms with Crippen LogP contribution in [0.25, 0.3) is 0 Å². The molecular weight excluding hydrogens is 414 g/mol. The molecule has 0 bridgehead atoms. The van der Waals surface area contributed by atoms with Crippen LogP contribution < -0.4 is 9.47 Å². The van der Waals surface area contributed by atoms with Gasteiger partial charge >= 0.3 is 0 Å². The molecular formula is C25H28ClNO4. The Morgan fingerprint density at radius 1 is 1.19 bits per heavy atom. The molecule has 2 heterocycles. The van der Waals surface area contributed by atoms with Crippen LogP contribution in [0.1, 0.15) is 54.1 Å². The summed E-state index contributed by atoms with van der Waals surface area (Å²) >= 11 is 6.11. The zero-order valence-electron chi connectivity index (χ0n) is 18.1. The van der Waals surface area contributed by atoms with E-state index in [1.807, 2.05) is 42.2 Å². The number of fused-ring (bicyclic) bond motifs is 1. The van der Waals surface area contributed by atoms with Crippen LogP contribution in [-0.4, -0.2) is 41.9 Å². The lowest BCUT2D eigenvalue weighted by atomic mass is 9.82. The molecule has 31 heavy (non-hydrogen) atoms. The zero-order chi connectivity index (χ0) is 22.0. The summed E-state index contributed by atoms with van der Waals surface area (Å²) < 4.78 is 12.1. The fourth-order valence-corrected chi connectivity index (χ4v) is 4.66. The summed E-state index contributed by atoms with van der Waals surface area (Å²) in [6, 6.07) is 11.5. The van der Waals surface area contributed by atoms with Crippen molar-refractivity contribution in [1.29, 1.82) is 0 Å². The van der Waals surface area contributed by atoms with Crippen molar-refractivity contribution in [3.63, 3.8) is 0 Å². The number of nitrogens with zero attached hydrogens (tertiary/aromatic N) is 1. The van der Waals surface area contributed by atoms with Crippen molar-refractivity contribution >= 4 is 23.3 Å². The van der Waals surface area contributed by atoms with E-state index < -0.39 is 5.60 Å². The average molecular weight is 442 g/mol. The molecule has 2 aromatic carbocycles. The van der Waals surface area contributed by atoms with Gasteiger partial charge in [0.2, 0.25) is 5.91 Å². The normalized spacial score (nSPS) is 17.3. The van der Waals surface area contributed by atoms with Crippen molar-refractivity contribution in [3.05, 3.63) is 58.1 Å². The molecule has 2 aliphatic rings. The Kier molecular flexibility index (Phi) is 6.24. The van der Waals surface area contributed by atoms with Crippen LogP contribution in [-0.2, 0) is 11.2 Å². The molecule has 0 unspecified atom stereocenters. The molecule has 1 saturated heterocycles. The molecule has 5 nitrogen and oxygen atoms in total. The Morgan fingerprint density at radius 2 is 1.90 bits per heavy atom. The van der Waals surface area contributed by atoms with E-state index in [0.29, 0.717) is 61.7 Å². The smallest absolute Gasteiger partial charge is 0.226 e. The van der Waals surface area contributed by atoms with Crippen LogP contribution >= 0.6 is 11.6 Å². The standard InChI is InChI=1S/C25H28ClNO4/c1-3-18-4-6-20(7-5-18)30-13-8-23(29)27-11-9-25(10-12-27)16-22(28)21-15-19(26)14-17(2)24(21)31-25/h4-7,14-15H,3,8-13,16H2,1-2H3. The quantitative estimate of drug-likeness (QED) is 0.654. The predicted molar refractivity (Wildman–Crippen MR) is 120 cm³/mol. The topological polar surface area (TPSA) is 55.8 Å². The number of ether oxygens (including phenoxy) is 2. The van der Waals surface area contributed by atoms with Gasteiger partial charge in [-0.2, -0.15) is 0 Å². The second-order valence-electron chi connectivity index (χ2n) is 8.46. The van der Waals surface area contributed by atoms with E-state index in [0.717, 1.165) is 17.7 Å². The fraction of sp³-hybridized carbons (Fsp3) is 0.440. The van der Waals surface area contributed by atoms with Crippen LogP contribution in [0.3, 0.4) is 0 Å². The van der Waals surface area contributed by atoms with Gasteiger partial charge in [-0.1, -0.05) is 30.7 Å². The lowest BCUT2D eigenvalue weighted by molar-refractivity contribution is -0.135. The molecule has 1 amide bonds. The number of benzene rings is 2. The SMILES string of the molecule is CCc1ccc(OCCC(=O)N2CCC3(CC2)CC(=O)c2cc(Cl)cc(C)c2O3)cc1. The van der Waals surface area contributed by atoms with Crippen molar-refractivity contribution < 1.29 is 19.1 Å². The molecule has 0 radical (unpaired) electrons. The Labute approximate surface area is 188 Å². The van der Waals surface area contributed by atoms with Gasteiger partial charge in [0.05, 0.1) is 25.0 Å². The molecule has 1 fully saturated rings. The first-order valence-corrected chi connectivity index (χ1v) is 11.3. The van der Waals surface area contributed by atoms with Crippen molar-refractivity contribution in [2.45, 2.75) is 51.6 Å². The minimum Gasteiger partial charge on any atom is -0.493 e. The number of carbonyl (C=O) groups excluding carboxylic acids is 2. The molecule has 6 heteroatoms. The zero-order valence-corrected chi connectivity index (χ0v) is 18.8. The van der Waals surface area contributed by atoms with Crippen LogP contribution in [0.4, 0.5) is 0 Å². The number of piperidine rings is 1. The van der Waals surface area contributed by atoms with E-state index in [2.05, 4.69) is 6.92 Å². The number of hydrogen-bond donors (Lipinski definition) is 0. The second kappa shape index (κ2) is 8.91. The van der Waals surface area contributed by atoms with Gasteiger partial charge in [0.15, 0.2) is 5.78 Å². The van der Waals surface area contributed by atoms with E-state index >= 15 is 0 Å². The van der Waals surface area contributed by atoms with Crippen LogP contribution in [0.2, 0.25) is 5.02 Å². The number of amides is 1. The minimum absolute atomic E-state index is 0.0640. The number of aryl methyl sites for hydroxylation is 2. The molecule has 0 aliphatic carbocycles. The number of ketones is 1. The Hall–Kier alpha value is -2.53. The monoisotopic (exact) mass is 441 g/mol. The Balaban J connectivity index is 1.31. The van der Waals surface area contributed by atoms with Crippen LogP contribution in [0, 0.1) is 6.92 Å². The van der Waals surface area contributed by atoms with E-state index in [-0.39, 0.29) is 11.7 Å². The molecule has 0 aromatic heterocycles. The van der Waals surface area contributed by atoms with Gasteiger partial charge < -0.3 is 14.4 Å². The number of Topliss-reactive ketones (excluding diaryl/α,β-unsaturated/α-hetero) is 1. The highest BCUT2D eigenvalue weighted by Gasteiger charge is 2.44. The first kappa shape index (κ1) is 21.7. The van der Waals surface area contributed by atoms with E-state index in [9.17, 15) is 9.59 Å². The number of likely N-dealkylation sites (tertiary alicyclic amines) is 1. The summed E-state index contributed by atoms with van der Waals surface area (Å²) in [5.74, 6) is 1.56. The molecule has 0 N–H and O–H groups in total. The van der Waals surface area contributed by atoms with Crippen LogP contribution in [0.5, 0.6) is 11.5 Å². The first-order valence-electron chi connectivity index (χ1n) is 10.9. The van der Waals surface area contributed by atoms with E-state index in [1.165, 1.54) is 5.56 Å². The third-order valence-corrected chi connectivity index (χ3v) is 6.50. The van der Waals surface area contributed by atoms with Crippen LogP contribution in [0.15, 0.2) is 36.4 Å². The maximum absolute atomic E-state index is 12.8. The average Bonchev–Trinajstić information content (AvgIpc) is 2.76. The van der Waals surface area contributed by atoms with Crippen molar-refractivity contribution in [2.24, 2.45) is 0 Å². The van der Waals surface area contributed by atoms with Gasteiger partial charge in [0.1, 0.15) is 17.1 Å². The lowest BCUT2D eigenvalue weighted by Crippen LogP contribution is -2.52. The molecule has 0 saturated carbocycles. The Bertz CT molecular complexity index is 978. The third-order valence-electron chi connectivity index (χ3n) is 6.28. The Morgan fingerprint density at radius 3 is 2.58 bits per heavy atom. The number of hydrogen-bond acceptors (Lipinski definition) is 4. The largest absolute Gasteiger partial charge is 0.493 e. The second-order valence-corrected chi connectivity index (χ2v) is 8.90. The maximum Gasteiger partial charge on any atom is 0.226 e. The highest BCUT2D eigenvalue weighted by atomic mass is 35.5. The third kappa shape index (κ3) is 4.72. The van der Waals surface area contributed by atoms with E-state index in [4.69, 9.17) is 21.1 Å². The fourth-order valence-electron chi connectivity index (χ4n) is 4.39. The van der Waals surface area contributed by atoms with E-state index in [1.54, 1.807) is 6.07 Å². The van der Waals surface area contributed by atoms with Gasteiger partial charge in [-0.15, -0.1) is 0 Å². The number of halogens is 1. The number of carbonyl (C=O) groups is 2.